The lowest BCUT2D eigenvalue weighted by molar-refractivity contribution is -0.127. The highest BCUT2D eigenvalue weighted by molar-refractivity contribution is 7.99. The Morgan fingerprint density at radius 2 is 2.24 bits per heavy atom. The van der Waals surface area contributed by atoms with Gasteiger partial charge in [-0.25, -0.2) is 0 Å². The maximum Gasteiger partial charge on any atom is 0.260 e. The van der Waals surface area contributed by atoms with Gasteiger partial charge in [0.1, 0.15) is 5.75 Å². The first-order valence-electron chi connectivity index (χ1n) is 7.46. The van der Waals surface area contributed by atoms with E-state index in [-0.39, 0.29) is 5.91 Å². The van der Waals surface area contributed by atoms with Crippen LogP contribution in [0.3, 0.4) is 0 Å². The van der Waals surface area contributed by atoms with Crippen LogP contribution in [0, 0.1) is 0 Å². The smallest absolute Gasteiger partial charge is 0.260 e. The van der Waals surface area contributed by atoms with Crippen molar-refractivity contribution in [3.63, 3.8) is 0 Å². The van der Waals surface area contributed by atoms with E-state index in [9.17, 15) is 4.79 Å². The first-order chi connectivity index (χ1) is 10.1. The van der Waals surface area contributed by atoms with Crippen LogP contribution in [-0.4, -0.2) is 29.6 Å². The summed E-state index contributed by atoms with van der Waals surface area (Å²) in [5.74, 6) is 1.51. The van der Waals surface area contributed by atoms with E-state index in [2.05, 4.69) is 5.32 Å². The van der Waals surface area contributed by atoms with Gasteiger partial charge in [-0.05, 0) is 38.0 Å². The number of halogens is 1. The quantitative estimate of drug-likeness (QED) is 0.772. The summed E-state index contributed by atoms with van der Waals surface area (Å²) in [6.07, 6.45) is 4.85. The minimum atomic E-state index is -0.514. The molecule has 0 radical (unpaired) electrons. The lowest BCUT2D eigenvalue weighted by atomic mass is 10.3. The summed E-state index contributed by atoms with van der Waals surface area (Å²) in [6, 6.07) is 7.09. The molecule has 1 aliphatic rings. The maximum atomic E-state index is 12.0. The molecule has 1 fully saturated rings. The van der Waals surface area contributed by atoms with E-state index in [0.29, 0.717) is 17.3 Å². The van der Waals surface area contributed by atoms with Gasteiger partial charge in [-0.15, -0.1) is 0 Å². The van der Waals surface area contributed by atoms with Gasteiger partial charge in [-0.1, -0.05) is 30.5 Å². The second-order valence-electron chi connectivity index (χ2n) is 5.29. The first kappa shape index (κ1) is 16.5. The van der Waals surface area contributed by atoms with Crippen molar-refractivity contribution in [2.45, 2.75) is 44.0 Å². The second kappa shape index (κ2) is 8.54. The molecule has 21 heavy (non-hydrogen) atoms. The molecule has 1 aliphatic carbocycles. The predicted octanol–water partition coefficient (Wildman–Crippen LogP) is 3.90. The highest BCUT2D eigenvalue weighted by Gasteiger charge is 2.16. The van der Waals surface area contributed by atoms with Crippen LogP contribution >= 0.6 is 23.4 Å². The Bertz CT molecular complexity index is 463. The fraction of sp³-hybridized carbons (Fsp3) is 0.562. The van der Waals surface area contributed by atoms with Crippen LogP contribution in [0.4, 0.5) is 0 Å². The van der Waals surface area contributed by atoms with Crippen molar-refractivity contribution < 1.29 is 9.53 Å². The van der Waals surface area contributed by atoms with Crippen LogP contribution in [0.15, 0.2) is 24.3 Å². The predicted molar refractivity (Wildman–Crippen MR) is 89.3 cm³/mol. The SMILES string of the molecule is C[C@H](Oc1cccc(Cl)c1)C(=O)NCCSC1CCCC1. The van der Waals surface area contributed by atoms with Crippen molar-refractivity contribution in [3.8, 4) is 5.75 Å². The van der Waals surface area contributed by atoms with Gasteiger partial charge in [0.2, 0.25) is 0 Å². The second-order valence-corrected chi connectivity index (χ2v) is 7.13. The first-order valence-corrected chi connectivity index (χ1v) is 8.89. The highest BCUT2D eigenvalue weighted by Crippen LogP contribution is 2.28. The largest absolute Gasteiger partial charge is 0.481 e. The van der Waals surface area contributed by atoms with Crippen LogP contribution in [0.1, 0.15) is 32.6 Å². The fourth-order valence-electron chi connectivity index (χ4n) is 2.40. The summed E-state index contributed by atoms with van der Waals surface area (Å²) in [5, 5.41) is 4.32. The Morgan fingerprint density at radius 3 is 2.95 bits per heavy atom. The molecule has 0 spiro atoms. The number of carbonyl (C=O) groups is 1. The summed E-state index contributed by atoms with van der Waals surface area (Å²) < 4.78 is 5.58. The molecule has 1 atom stereocenters. The number of thioether (sulfide) groups is 1. The van der Waals surface area contributed by atoms with Crippen LogP contribution < -0.4 is 10.1 Å². The lowest BCUT2D eigenvalue weighted by Crippen LogP contribution is -2.37. The Balaban J connectivity index is 1.65. The van der Waals surface area contributed by atoms with Gasteiger partial charge in [0.05, 0.1) is 0 Å². The zero-order valence-corrected chi connectivity index (χ0v) is 13.9. The van der Waals surface area contributed by atoms with Gasteiger partial charge in [0.15, 0.2) is 6.10 Å². The normalized spacial score (nSPS) is 16.7. The molecular formula is C16H22ClNO2S. The molecule has 1 aromatic rings. The van der Waals surface area contributed by atoms with E-state index < -0.39 is 6.10 Å². The third-order valence-corrected chi connectivity index (χ3v) is 5.15. The summed E-state index contributed by atoms with van der Waals surface area (Å²) in [4.78, 5) is 12.0. The number of hydrogen-bond donors (Lipinski definition) is 1. The van der Waals surface area contributed by atoms with Crippen LogP contribution in [0.25, 0.3) is 0 Å². The Morgan fingerprint density at radius 1 is 1.48 bits per heavy atom. The van der Waals surface area contributed by atoms with E-state index in [0.717, 1.165) is 11.0 Å². The molecular weight excluding hydrogens is 306 g/mol. The molecule has 1 amide bonds. The van der Waals surface area contributed by atoms with Crippen molar-refractivity contribution in [2.75, 3.05) is 12.3 Å². The van der Waals surface area contributed by atoms with Crippen molar-refractivity contribution in [3.05, 3.63) is 29.3 Å². The zero-order valence-electron chi connectivity index (χ0n) is 12.3. The minimum absolute atomic E-state index is 0.0815. The third-order valence-electron chi connectivity index (χ3n) is 3.54. The Hall–Kier alpha value is -0.870. The molecule has 1 saturated carbocycles. The van der Waals surface area contributed by atoms with Gasteiger partial charge in [0.25, 0.3) is 5.91 Å². The van der Waals surface area contributed by atoms with Crippen molar-refractivity contribution in [2.24, 2.45) is 0 Å². The number of carbonyl (C=O) groups excluding carboxylic acids is 1. The number of benzene rings is 1. The van der Waals surface area contributed by atoms with E-state index in [4.69, 9.17) is 16.3 Å². The average molecular weight is 328 g/mol. The standard InChI is InChI=1S/C16H22ClNO2S/c1-12(20-14-6-4-5-13(17)11-14)16(19)18-9-10-21-15-7-2-3-8-15/h4-6,11-12,15H,2-3,7-10H2,1H3,(H,18,19)/t12-/m0/s1. The molecule has 0 aromatic heterocycles. The highest BCUT2D eigenvalue weighted by atomic mass is 35.5. The summed E-state index contributed by atoms with van der Waals surface area (Å²) in [5.41, 5.74) is 0. The molecule has 3 nitrogen and oxygen atoms in total. The monoisotopic (exact) mass is 327 g/mol. The number of rotatable bonds is 7. The minimum Gasteiger partial charge on any atom is -0.481 e. The lowest BCUT2D eigenvalue weighted by Gasteiger charge is -2.15. The van der Waals surface area contributed by atoms with Crippen LogP contribution in [0.2, 0.25) is 5.02 Å². The van der Waals surface area contributed by atoms with Gasteiger partial charge in [0, 0.05) is 22.6 Å². The summed E-state index contributed by atoms with van der Waals surface area (Å²) in [6.45, 7) is 2.45. The van der Waals surface area contributed by atoms with Crippen molar-refractivity contribution in [1.29, 1.82) is 0 Å². The fourth-order valence-corrected chi connectivity index (χ4v) is 3.80. The molecule has 0 heterocycles. The third kappa shape index (κ3) is 5.79. The van der Waals surface area contributed by atoms with E-state index in [1.807, 2.05) is 11.8 Å². The molecule has 1 aromatic carbocycles. The number of amides is 1. The Kier molecular flexibility index (Phi) is 6.71. The van der Waals surface area contributed by atoms with Crippen molar-refractivity contribution in [1.82, 2.24) is 5.32 Å². The molecule has 2 rings (SSSR count). The van der Waals surface area contributed by atoms with Gasteiger partial charge in [-0.2, -0.15) is 11.8 Å². The summed E-state index contributed by atoms with van der Waals surface area (Å²) in [7, 11) is 0. The molecule has 0 unspecified atom stereocenters. The van der Waals surface area contributed by atoms with Crippen LogP contribution in [0.5, 0.6) is 5.75 Å². The number of ether oxygens (including phenoxy) is 1. The van der Waals surface area contributed by atoms with E-state index in [1.165, 1.54) is 25.7 Å². The van der Waals surface area contributed by atoms with Crippen molar-refractivity contribution >= 4 is 29.3 Å². The number of hydrogen-bond acceptors (Lipinski definition) is 3. The molecule has 116 valence electrons. The van der Waals surface area contributed by atoms with Gasteiger partial charge in [-0.3, -0.25) is 4.79 Å². The molecule has 0 bridgehead atoms. The van der Waals surface area contributed by atoms with Gasteiger partial charge < -0.3 is 10.1 Å². The maximum absolute atomic E-state index is 12.0. The average Bonchev–Trinajstić information content (AvgIpc) is 2.96. The Labute approximate surface area is 135 Å². The van der Waals surface area contributed by atoms with E-state index in [1.54, 1.807) is 31.2 Å². The van der Waals surface area contributed by atoms with Crippen LogP contribution in [-0.2, 0) is 4.79 Å². The van der Waals surface area contributed by atoms with E-state index >= 15 is 0 Å². The zero-order chi connectivity index (χ0) is 15.1. The molecule has 0 aliphatic heterocycles. The molecule has 0 saturated heterocycles. The topological polar surface area (TPSA) is 38.3 Å². The number of nitrogens with one attached hydrogen (secondary N) is 1. The molecule has 1 N–H and O–H groups in total. The summed E-state index contributed by atoms with van der Waals surface area (Å²) >= 11 is 7.86. The molecule has 5 heteroatoms. The van der Waals surface area contributed by atoms with Gasteiger partial charge >= 0.3 is 0 Å².